The number of hydrogen-bond acceptors (Lipinski definition) is 6. The van der Waals surface area contributed by atoms with Crippen molar-refractivity contribution in [3.8, 4) is 11.5 Å². The van der Waals surface area contributed by atoms with Crippen molar-refractivity contribution >= 4 is 38.6 Å². The zero-order valence-corrected chi connectivity index (χ0v) is 20.9. The fraction of sp³-hybridized carbons (Fsp3) is 0.222. The number of carbonyl (C=O) groups is 1. The van der Waals surface area contributed by atoms with E-state index in [1.807, 2.05) is 12.1 Å². The summed E-state index contributed by atoms with van der Waals surface area (Å²) in [5.41, 5.74) is 1.04. The Hall–Kier alpha value is -3.65. The lowest BCUT2D eigenvalue weighted by Gasteiger charge is -2.25. The first-order chi connectivity index (χ1) is 17.0. The Morgan fingerprint density at radius 1 is 1.09 bits per heavy atom. The summed E-state index contributed by atoms with van der Waals surface area (Å²) in [5.74, 6) is 1.14. The van der Waals surface area contributed by atoms with Gasteiger partial charge in [0.15, 0.2) is 16.9 Å². The minimum atomic E-state index is -0.745. The number of anilines is 1. The second-order valence-corrected chi connectivity index (χ2v) is 9.11. The summed E-state index contributed by atoms with van der Waals surface area (Å²) in [6.45, 7) is 2.67. The second-order valence-electron chi connectivity index (χ2n) is 8.19. The molecular formula is C27H23BrN2O5. The lowest BCUT2D eigenvalue weighted by molar-refractivity contribution is 0.0970. The van der Waals surface area contributed by atoms with E-state index in [1.165, 1.54) is 4.90 Å². The molecule has 8 heteroatoms. The first-order valence-corrected chi connectivity index (χ1v) is 12.1. The average molecular weight is 535 g/mol. The summed E-state index contributed by atoms with van der Waals surface area (Å²) in [6.07, 6.45) is 3.55. The molecule has 0 spiro atoms. The summed E-state index contributed by atoms with van der Waals surface area (Å²) in [5, 5.41) is 0.394. The van der Waals surface area contributed by atoms with Crippen molar-refractivity contribution in [2.75, 3.05) is 18.6 Å². The monoisotopic (exact) mass is 534 g/mol. The van der Waals surface area contributed by atoms with E-state index in [1.54, 1.807) is 55.8 Å². The van der Waals surface area contributed by atoms with Gasteiger partial charge in [0, 0.05) is 10.7 Å². The largest absolute Gasteiger partial charge is 0.493 e. The van der Waals surface area contributed by atoms with Crippen LogP contribution >= 0.6 is 15.9 Å². The van der Waals surface area contributed by atoms with E-state index in [-0.39, 0.29) is 16.8 Å². The van der Waals surface area contributed by atoms with Crippen LogP contribution in [0.3, 0.4) is 0 Å². The van der Waals surface area contributed by atoms with Gasteiger partial charge in [-0.15, -0.1) is 0 Å². The van der Waals surface area contributed by atoms with Gasteiger partial charge in [0.2, 0.25) is 5.76 Å². The van der Waals surface area contributed by atoms with Crippen molar-refractivity contribution in [3.05, 3.63) is 92.4 Å². The molecule has 3 heterocycles. The molecule has 1 amide bonds. The van der Waals surface area contributed by atoms with Gasteiger partial charge in [-0.3, -0.25) is 14.5 Å². The van der Waals surface area contributed by atoms with Crippen LogP contribution in [0.1, 0.15) is 47.5 Å². The van der Waals surface area contributed by atoms with Crippen molar-refractivity contribution < 1.29 is 18.7 Å². The second kappa shape index (κ2) is 9.54. The van der Waals surface area contributed by atoms with Crippen LogP contribution in [0.5, 0.6) is 11.5 Å². The summed E-state index contributed by atoms with van der Waals surface area (Å²) < 4.78 is 18.2. The van der Waals surface area contributed by atoms with E-state index < -0.39 is 11.9 Å². The molecule has 1 aliphatic rings. The molecular weight excluding hydrogens is 512 g/mol. The van der Waals surface area contributed by atoms with Gasteiger partial charge in [-0.2, -0.15) is 0 Å². The summed E-state index contributed by atoms with van der Waals surface area (Å²) in [4.78, 5) is 33.3. The van der Waals surface area contributed by atoms with E-state index in [0.29, 0.717) is 40.5 Å². The highest BCUT2D eigenvalue weighted by Crippen LogP contribution is 2.42. The standard InChI is InChI=1S/C27H23BrN2O5/c1-3-4-13-34-20-10-8-16(14-21(20)33-2)24-23-25(31)18-15-17(28)9-11-19(18)35-26(23)27(32)30(24)22-7-5-6-12-29-22/h5-12,14-15,24H,3-4,13H2,1-2H3. The first-order valence-electron chi connectivity index (χ1n) is 11.3. The highest BCUT2D eigenvalue weighted by Gasteiger charge is 2.44. The first kappa shape index (κ1) is 23.1. The Balaban J connectivity index is 1.71. The molecule has 0 aliphatic carbocycles. The molecule has 0 saturated heterocycles. The number of rotatable bonds is 7. The zero-order chi connectivity index (χ0) is 24.5. The highest BCUT2D eigenvalue weighted by atomic mass is 79.9. The van der Waals surface area contributed by atoms with Crippen molar-refractivity contribution in [1.29, 1.82) is 0 Å². The zero-order valence-electron chi connectivity index (χ0n) is 19.3. The third-order valence-corrected chi connectivity index (χ3v) is 6.48. The van der Waals surface area contributed by atoms with Gasteiger partial charge in [0.25, 0.3) is 5.91 Å². The predicted molar refractivity (Wildman–Crippen MR) is 136 cm³/mol. The molecule has 0 radical (unpaired) electrons. The van der Waals surface area contributed by atoms with Crippen LogP contribution in [0.4, 0.5) is 5.82 Å². The van der Waals surface area contributed by atoms with Crippen LogP contribution in [0.25, 0.3) is 11.0 Å². The van der Waals surface area contributed by atoms with Gasteiger partial charge in [-0.25, -0.2) is 4.98 Å². The average Bonchev–Trinajstić information content (AvgIpc) is 3.17. The third-order valence-electron chi connectivity index (χ3n) is 5.99. The fourth-order valence-electron chi connectivity index (χ4n) is 4.29. The number of ether oxygens (including phenoxy) is 2. The Morgan fingerprint density at radius 3 is 2.69 bits per heavy atom. The number of benzene rings is 2. The molecule has 1 unspecified atom stereocenters. The number of aromatic nitrogens is 1. The number of halogens is 1. The summed E-state index contributed by atoms with van der Waals surface area (Å²) in [6, 6.07) is 15.2. The van der Waals surface area contributed by atoms with E-state index in [0.717, 1.165) is 17.3 Å². The molecule has 0 saturated carbocycles. The fourth-order valence-corrected chi connectivity index (χ4v) is 4.65. The Morgan fingerprint density at radius 2 is 1.94 bits per heavy atom. The van der Waals surface area contributed by atoms with Crippen molar-refractivity contribution in [2.45, 2.75) is 25.8 Å². The van der Waals surface area contributed by atoms with Gasteiger partial charge in [-0.1, -0.05) is 41.4 Å². The van der Waals surface area contributed by atoms with Crippen LogP contribution in [0, 0.1) is 0 Å². The minimum Gasteiger partial charge on any atom is -0.493 e. The summed E-state index contributed by atoms with van der Waals surface area (Å²) >= 11 is 3.42. The Kier molecular flexibility index (Phi) is 6.30. The SMILES string of the molecule is CCCCOc1ccc(C2c3c(oc4ccc(Br)cc4c3=O)C(=O)N2c2ccccn2)cc1OC. The molecule has 0 bridgehead atoms. The molecule has 4 aromatic rings. The maximum Gasteiger partial charge on any atom is 0.296 e. The lowest BCUT2D eigenvalue weighted by Crippen LogP contribution is -2.30. The number of unbranched alkanes of at least 4 members (excludes halogenated alkanes) is 1. The van der Waals surface area contributed by atoms with E-state index in [4.69, 9.17) is 13.9 Å². The molecule has 178 valence electrons. The number of fused-ring (bicyclic) bond motifs is 2. The Labute approximate surface area is 210 Å². The van der Waals surface area contributed by atoms with E-state index in [9.17, 15) is 9.59 Å². The van der Waals surface area contributed by atoms with Gasteiger partial charge in [-0.05, 0) is 54.4 Å². The van der Waals surface area contributed by atoms with Crippen LogP contribution in [-0.2, 0) is 0 Å². The quantitative estimate of drug-likeness (QED) is 0.275. The maximum atomic E-state index is 13.7. The molecule has 35 heavy (non-hydrogen) atoms. The van der Waals surface area contributed by atoms with Crippen molar-refractivity contribution in [2.24, 2.45) is 0 Å². The van der Waals surface area contributed by atoms with Crippen molar-refractivity contribution in [3.63, 3.8) is 0 Å². The number of amides is 1. The maximum absolute atomic E-state index is 13.7. The lowest BCUT2D eigenvalue weighted by atomic mass is 9.98. The van der Waals surface area contributed by atoms with Crippen molar-refractivity contribution in [1.82, 2.24) is 4.98 Å². The molecule has 0 fully saturated rings. The molecule has 1 aliphatic heterocycles. The number of nitrogens with zero attached hydrogens (tertiary/aromatic N) is 2. The van der Waals surface area contributed by atoms with Gasteiger partial charge in [0.1, 0.15) is 11.4 Å². The number of carbonyl (C=O) groups excluding carboxylic acids is 1. The topological polar surface area (TPSA) is 81.9 Å². The van der Waals surface area contributed by atoms with E-state index >= 15 is 0 Å². The Bertz CT molecular complexity index is 1470. The number of methoxy groups -OCH3 is 1. The van der Waals surface area contributed by atoms with Crippen LogP contribution in [0.15, 0.2) is 74.5 Å². The van der Waals surface area contributed by atoms with E-state index in [2.05, 4.69) is 27.8 Å². The molecule has 5 rings (SSSR count). The van der Waals surface area contributed by atoms with Crippen LogP contribution in [0.2, 0.25) is 0 Å². The smallest absolute Gasteiger partial charge is 0.296 e. The van der Waals surface area contributed by atoms with Crippen LogP contribution < -0.4 is 19.8 Å². The third kappa shape index (κ3) is 4.08. The van der Waals surface area contributed by atoms with Gasteiger partial charge >= 0.3 is 0 Å². The van der Waals surface area contributed by atoms with Gasteiger partial charge < -0.3 is 13.9 Å². The number of pyridine rings is 1. The minimum absolute atomic E-state index is 0.0164. The van der Waals surface area contributed by atoms with Crippen LogP contribution in [-0.4, -0.2) is 24.6 Å². The predicted octanol–water partition coefficient (Wildman–Crippen LogP) is 5.89. The number of hydrogen-bond donors (Lipinski definition) is 0. The highest BCUT2D eigenvalue weighted by molar-refractivity contribution is 9.10. The molecule has 2 aromatic heterocycles. The molecule has 0 N–H and O–H groups in total. The normalized spacial score (nSPS) is 14.9. The molecule has 7 nitrogen and oxygen atoms in total. The molecule has 2 aromatic carbocycles. The molecule has 1 atom stereocenters. The summed E-state index contributed by atoms with van der Waals surface area (Å²) in [7, 11) is 1.56. The van der Waals surface area contributed by atoms with Gasteiger partial charge in [0.05, 0.1) is 30.7 Å².